The van der Waals surface area contributed by atoms with E-state index in [2.05, 4.69) is 0 Å². The van der Waals surface area contributed by atoms with Gasteiger partial charge in [-0.15, -0.1) is 0 Å². The fourth-order valence-electron chi connectivity index (χ4n) is 5.11. The van der Waals surface area contributed by atoms with Gasteiger partial charge in [0.15, 0.2) is 5.76 Å². The molecule has 0 radical (unpaired) electrons. The number of hydrogen-bond acceptors (Lipinski definition) is 7. The molecule has 10 heteroatoms. The van der Waals surface area contributed by atoms with Crippen LogP contribution < -0.4 is 4.74 Å². The first-order chi connectivity index (χ1) is 19.7. The number of halogens is 1. The molecule has 1 aromatic heterocycles. The number of amides is 1. The minimum absolute atomic E-state index is 0.0254. The Balaban J connectivity index is 1.50. The first-order valence-electron chi connectivity index (χ1n) is 13.3. The van der Waals surface area contributed by atoms with Gasteiger partial charge < -0.3 is 18.8 Å². The number of para-hydroxylation sites is 1. The quantitative estimate of drug-likeness (QED) is 0.219. The van der Waals surface area contributed by atoms with E-state index in [1.807, 2.05) is 18.2 Å². The van der Waals surface area contributed by atoms with Crippen molar-refractivity contribution in [1.82, 2.24) is 4.90 Å². The molecule has 5 rings (SSSR count). The van der Waals surface area contributed by atoms with E-state index in [1.54, 1.807) is 54.5 Å². The van der Waals surface area contributed by atoms with Gasteiger partial charge in [-0.25, -0.2) is 8.42 Å². The van der Waals surface area contributed by atoms with Crippen molar-refractivity contribution in [1.29, 1.82) is 0 Å². The average Bonchev–Trinajstić information content (AvgIpc) is 3.60. The summed E-state index contributed by atoms with van der Waals surface area (Å²) in [6, 6.07) is 18.8. The topological polar surface area (TPSA) is 103 Å². The zero-order valence-electron chi connectivity index (χ0n) is 22.8. The molecule has 0 spiro atoms. The largest absolute Gasteiger partial charge is 0.491 e. The fraction of sp³-hybridized carbons (Fsp3) is 0.290. The number of methoxy groups -OCH3 is 1. The molecule has 0 saturated heterocycles. The third-order valence-corrected chi connectivity index (χ3v) is 9.23. The lowest BCUT2D eigenvalue weighted by Crippen LogP contribution is -2.40. The third-order valence-electron chi connectivity index (χ3n) is 7.23. The fourth-order valence-corrected chi connectivity index (χ4v) is 6.49. The van der Waals surface area contributed by atoms with Crippen molar-refractivity contribution in [2.75, 3.05) is 20.3 Å². The maximum atomic E-state index is 14.1. The highest BCUT2D eigenvalue weighted by molar-refractivity contribution is 8.06. The summed E-state index contributed by atoms with van der Waals surface area (Å²) in [5.74, 6) is 0.467. The van der Waals surface area contributed by atoms with Gasteiger partial charge in [-0.2, -0.15) is 0 Å². The highest BCUT2D eigenvalue weighted by atomic mass is 35.5. The van der Waals surface area contributed by atoms with Crippen molar-refractivity contribution in [2.45, 2.75) is 43.7 Å². The number of sulfone groups is 1. The SMILES string of the molecule is CCC(=O)S(=O)(=O)c1ccc2c(c1)CC(N(Cc1cc(Cl)ccc1OCCOC)C(=O)c1cc3ccccc3o1)C2. The van der Waals surface area contributed by atoms with Gasteiger partial charge in [0.2, 0.25) is 9.84 Å². The Morgan fingerprint density at radius 1 is 1.00 bits per heavy atom. The van der Waals surface area contributed by atoms with Crippen LogP contribution >= 0.6 is 11.6 Å². The Bertz CT molecular complexity index is 1680. The van der Waals surface area contributed by atoms with Crippen LogP contribution in [-0.2, 0) is 38.8 Å². The van der Waals surface area contributed by atoms with Crippen LogP contribution in [0.15, 0.2) is 76.0 Å². The molecule has 1 heterocycles. The summed E-state index contributed by atoms with van der Waals surface area (Å²) in [6.07, 6.45) is 0.811. The van der Waals surface area contributed by atoms with Gasteiger partial charge in [0.05, 0.1) is 18.0 Å². The predicted octanol–water partition coefficient (Wildman–Crippen LogP) is 5.63. The molecule has 4 aromatic rings. The Kier molecular flexibility index (Phi) is 8.49. The van der Waals surface area contributed by atoms with Gasteiger partial charge in [-0.1, -0.05) is 42.8 Å². The van der Waals surface area contributed by atoms with Crippen LogP contribution in [0.1, 0.15) is 40.6 Å². The van der Waals surface area contributed by atoms with E-state index < -0.39 is 15.0 Å². The van der Waals surface area contributed by atoms with Gasteiger partial charge in [-0.05, 0) is 66.4 Å². The summed E-state index contributed by atoms with van der Waals surface area (Å²) in [6.45, 7) is 2.42. The normalized spacial score (nSPS) is 14.7. The number of rotatable bonds is 10. The van der Waals surface area contributed by atoms with Crippen molar-refractivity contribution in [3.05, 3.63) is 94.2 Å². The summed E-state index contributed by atoms with van der Waals surface area (Å²) >= 11 is 6.36. The number of carbonyl (C=O) groups is 2. The lowest BCUT2D eigenvalue weighted by Gasteiger charge is -2.29. The molecule has 8 nitrogen and oxygen atoms in total. The summed E-state index contributed by atoms with van der Waals surface area (Å²) in [7, 11) is -2.48. The average molecular weight is 596 g/mol. The Labute approximate surface area is 243 Å². The first kappa shape index (κ1) is 28.9. The lowest BCUT2D eigenvalue weighted by molar-refractivity contribution is -0.111. The standard InChI is InChI=1S/C31H30ClNO7S/c1-3-30(34)41(36,37)26-10-8-20-15-25(16-22(20)17-26)33(31(35)29-18-21-6-4-5-7-28(21)40-29)19-23-14-24(32)9-11-27(23)39-13-12-38-2/h4-11,14,17-18,25H,3,12-13,15-16,19H2,1-2H3. The van der Waals surface area contributed by atoms with Crippen LogP contribution in [0.3, 0.4) is 0 Å². The number of hydrogen-bond donors (Lipinski definition) is 0. The number of fused-ring (bicyclic) bond motifs is 2. The molecule has 1 aliphatic rings. The van der Waals surface area contributed by atoms with E-state index in [0.29, 0.717) is 48.0 Å². The van der Waals surface area contributed by atoms with E-state index in [1.165, 1.54) is 13.0 Å². The minimum Gasteiger partial charge on any atom is -0.491 e. The molecule has 1 aliphatic carbocycles. The second-order valence-electron chi connectivity index (χ2n) is 9.90. The van der Waals surface area contributed by atoms with Gasteiger partial charge in [0.25, 0.3) is 11.0 Å². The van der Waals surface area contributed by atoms with Crippen LogP contribution in [0, 0.1) is 0 Å². The Hall–Kier alpha value is -3.66. The Morgan fingerprint density at radius 2 is 1.78 bits per heavy atom. The van der Waals surface area contributed by atoms with Crippen LogP contribution in [0.2, 0.25) is 5.02 Å². The second kappa shape index (κ2) is 12.1. The van der Waals surface area contributed by atoms with Crippen molar-refractivity contribution < 1.29 is 31.9 Å². The van der Waals surface area contributed by atoms with E-state index in [9.17, 15) is 18.0 Å². The molecule has 0 saturated carbocycles. The highest BCUT2D eigenvalue weighted by Gasteiger charge is 2.34. The third kappa shape index (κ3) is 6.02. The molecule has 214 valence electrons. The number of nitrogens with zero attached hydrogens (tertiary/aromatic N) is 1. The maximum Gasteiger partial charge on any atom is 0.290 e. The van der Waals surface area contributed by atoms with Crippen molar-refractivity contribution in [2.24, 2.45) is 0 Å². The van der Waals surface area contributed by atoms with Crippen LogP contribution in [0.5, 0.6) is 5.75 Å². The van der Waals surface area contributed by atoms with Gasteiger partial charge in [-0.3, -0.25) is 9.59 Å². The molecule has 1 atom stereocenters. The molecule has 1 amide bonds. The van der Waals surface area contributed by atoms with Crippen LogP contribution in [-0.4, -0.2) is 50.7 Å². The molecule has 0 bridgehead atoms. The van der Waals surface area contributed by atoms with Gasteiger partial charge in [0, 0.05) is 35.5 Å². The summed E-state index contributed by atoms with van der Waals surface area (Å²) < 4.78 is 42.4. The number of ether oxygens (including phenoxy) is 2. The van der Waals surface area contributed by atoms with Crippen molar-refractivity contribution in [3.63, 3.8) is 0 Å². The monoisotopic (exact) mass is 595 g/mol. The number of carbonyl (C=O) groups excluding carboxylic acids is 2. The van der Waals surface area contributed by atoms with E-state index in [-0.39, 0.29) is 35.6 Å². The molecule has 3 aromatic carbocycles. The molecule has 0 N–H and O–H groups in total. The van der Waals surface area contributed by atoms with Crippen LogP contribution in [0.25, 0.3) is 11.0 Å². The zero-order chi connectivity index (χ0) is 29.1. The van der Waals surface area contributed by atoms with Crippen LogP contribution in [0.4, 0.5) is 0 Å². The van der Waals surface area contributed by atoms with E-state index >= 15 is 0 Å². The van der Waals surface area contributed by atoms with E-state index in [4.69, 9.17) is 25.5 Å². The lowest BCUT2D eigenvalue weighted by atomic mass is 10.1. The molecular weight excluding hydrogens is 566 g/mol. The smallest absolute Gasteiger partial charge is 0.290 e. The second-order valence-corrected chi connectivity index (χ2v) is 12.3. The maximum absolute atomic E-state index is 14.1. The van der Waals surface area contributed by atoms with Crippen molar-refractivity contribution >= 4 is 43.4 Å². The molecule has 0 fully saturated rings. The number of furan rings is 1. The molecular formula is C31H30ClNO7S. The number of benzene rings is 3. The van der Waals surface area contributed by atoms with Gasteiger partial charge in [0.1, 0.15) is 17.9 Å². The summed E-state index contributed by atoms with van der Waals surface area (Å²) in [4.78, 5) is 27.9. The summed E-state index contributed by atoms with van der Waals surface area (Å²) in [5.41, 5.74) is 3.02. The van der Waals surface area contributed by atoms with E-state index in [0.717, 1.165) is 16.5 Å². The summed E-state index contributed by atoms with van der Waals surface area (Å²) in [5, 5.41) is 0.489. The predicted molar refractivity (Wildman–Crippen MR) is 155 cm³/mol. The van der Waals surface area contributed by atoms with Crippen molar-refractivity contribution in [3.8, 4) is 5.75 Å². The molecule has 41 heavy (non-hydrogen) atoms. The zero-order valence-corrected chi connectivity index (χ0v) is 24.3. The first-order valence-corrected chi connectivity index (χ1v) is 15.2. The van der Waals surface area contributed by atoms with Gasteiger partial charge >= 0.3 is 0 Å². The molecule has 0 aliphatic heterocycles. The highest BCUT2D eigenvalue weighted by Crippen LogP contribution is 2.33. The minimum atomic E-state index is -4.07. The molecule has 1 unspecified atom stereocenters. The Morgan fingerprint density at radius 3 is 2.54 bits per heavy atom.